The van der Waals surface area contributed by atoms with Crippen molar-refractivity contribution in [2.75, 3.05) is 19.3 Å². The maximum absolute atomic E-state index is 12.3. The molecular weight excluding hydrogens is 558 g/mol. The summed E-state index contributed by atoms with van der Waals surface area (Å²) in [4.78, 5) is 29.3. The van der Waals surface area contributed by atoms with Gasteiger partial charge in [-0.2, -0.15) is 0 Å². The number of ether oxygens (including phenoxy) is 1. The number of aromatic nitrogens is 1. The molecule has 10 nitrogen and oxygen atoms in total. The van der Waals surface area contributed by atoms with Crippen molar-refractivity contribution in [3.63, 3.8) is 0 Å². The van der Waals surface area contributed by atoms with Crippen LogP contribution in [0, 0.1) is 0 Å². The SMILES string of the molecule is CS(=O)(=O)NC(=O)Cc1ccc(-c2ccc(CCN(C[C@@H](O)c3cccnc3)C(=O)O)cc2)cc1OC1CCCCC1. The summed E-state index contributed by atoms with van der Waals surface area (Å²) in [5.74, 6) is -0.0529. The molecule has 4 rings (SSSR count). The highest BCUT2D eigenvalue weighted by atomic mass is 32.2. The molecule has 1 fully saturated rings. The Labute approximate surface area is 246 Å². The number of aliphatic hydroxyl groups is 1. The minimum absolute atomic E-state index is 0.0435. The molecule has 0 aliphatic heterocycles. The Hall–Kier alpha value is -3.96. The average molecular weight is 596 g/mol. The molecule has 42 heavy (non-hydrogen) atoms. The molecule has 0 radical (unpaired) electrons. The Morgan fingerprint density at radius 1 is 1.07 bits per heavy atom. The maximum Gasteiger partial charge on any atom is 0.407 e. The highest BCUT2D eigenvalue weighted by Gasteiger charge is 2.20. The van der Waals surface area contributed by atoms with Gasteiger partial charge >= 0.3 is 6.09 Å². The molecule has 3 N–H and O–H groups in total. The van der Waals surface area contributed by atoms with Crippen molar-refractivity contribution in [3.8, 4) is 16.9 Å². The molecule has 1 heterocycles. The third-order valence-corrected chi connectivity index (χ3v) is 7.85. The number of nitrogens with zero attached hydrogens (tertiary/aromatic N) is 2. The van der Waals surface area contributed by atoms with Gasteiger partial charge in [0.15, 0.2) is 0 Å². The van der Waals surface area contributed by atoms with E-state index < -0.39 is 28.1 Å². The first-order valence-electron chi connectivity index (χ1n) is 14.0. The van der Waals surface area contributed by atoms with Crippen molar-refractivity contribution in [2.24, 2.45) is 0 Å². The van der Waals surface area contributed by atoms with Gasteiger partial charge < -0.3 is 19.8 Å². The second-order valence-corrected chi connectivity index (χ2v) is 12.4. The molecule has 0 spiro atoms. The van der Waals surface area contributed by atoms with Crippen molar-refractivity contribution in [3.05, 3.63) is 83.7 Å². The normalized spacial score (nSPS) is 14.6. The van der Waals surface area contributed by atoms with Crippen LogP contribution < -0.4 is 9.46 Å². The Morgan fingerprint density at radius 2 is 1.79 bits per heavy atom. The van der Waals surface area contributed by atoms with Crippen molar-refractivity contribution >= 4 is 22.0 Å². The number of carbonyl (C=O) groups is 2. The number of carboxylic acid groups (broad SMARTS) is 1. The number of hydrogen-bond acceptors (Lipinski definition) is 7. The van der Waals surface area contributed by atoms with Gasteiger partial charge in [0.2, 0.25) is 15.9 Å². The summed E-state index contributed by atoms with van der Waals surface area (Å²) >= 11 is 0. The molecule has 1 aliphatic rings. The lowest BCUT2D eigenvalue weighted by Gasteiger charge is -2.25. The molecule has 1 aliphatic carbocycles. The average Bonchev–Trinajstić information content (AvgIpc) is 2.96. The topological polar surface area (TPSA) is 146 Å². The van der Waals surface area contributed by atoms with Crippen molar-refractivity contribution in [1.82, 2.24) is 14.6 Å². The first-order valence-corrected chi connectivity index (χ1v) is 15.9. The number of nitrogens with one attached hydrogen (secondary N) is 1. The largest absolute Gasteiger partial charge is 0.490 e. The second kappa shape index (κ2) is 14.3. The summed E-state index contributed by atoms with van der Waals surface area (Å²) in [6.45, 7) is 0.160. The van der Waals surface area contributed by atoms with Gasteiger partial charge in [-0.3, -0.25) is 14.5 Å². The lowest BCUT2D eigenvalue weighted by molar-refractivity contribution is -0.118. The number of amides is 2. The number of sulfonamides is 1. The summed E-state index contributed by atoms with van der Waals surface area (Å²) in [5.41, 5.74) is 3.91. The van der Waals surface area contributed by atoms with Gasteiger partial charge in [-0.1, -0.05) is 48.9 Å². The number of rotatable bonds is 12. The quantitative estimate of drug-likeness (QED) is 0.280. The lowest BCUT2D eigenvalue weighted by Crippen LogP contribution is -2.35. The van der Waals surface area contributed by atoms with E-state index in [1.54, 1.807) is 24.4 Å². The van der Waals surface area contributed by atoms with E-state index in [0.29, 0.717) is 23.3 Å². The minimum atomic E-state index is -3.66. The van der Waals surface area contributed by atoms with E-state index in [-0.39, 0.29) is 25.6 Å². The van der Waals surface area contributed by atoms with E-state index in [1.165, 1.54) is 17.5 Å². The van der Waals surface area contributed by atoms with Crippen LogP contribution in [-0.2, 0) is 27.7 Å². The highest BCUT2D eigenvalue weighted by molar-refractivity contribution is 7.89. The zero-order chi connectivity index (χ0) is 30.1. The molecule has 1 atom stereocenters. The molecule has 0 saturated heterocycles. The van der Waals surface area contributed by atoms with Crippen LogP contribution >= 0.6 is 0 Å². The van der Waals surface area contributed by atoms with Gasteiger partial charge in [-0.25, -0.2) is 13.2 Å². The zero-order valence-electron chi connectivity index (χ0n) is 23.6. The van der Waals surface area contributed by atoms with Crippen LogP contribution in [0.2, 0.25) is 0 Å². The van der Waals surface area contributed by atoms with E-state index in [9.17, 15) is 28.2 Å². The van der Waals surface area contributed by atoms with Gasteiger partial charge in [-0.05, 0) is 60.9 Å². The molecule has 0 bridgehead atoms. The molecule has 1 aromatic heterocycles. The molecule has 1 saturated carbocycles. The van der Waals surface area contributed by atoms with Gasteiger partial charge in [0.1, 0.15) is 5.75 Å². The van der Waals surface area contributed by atoms with Crippen molar-refractivity contribution in [2.45, 2.75) is 57.2 Å². The van der Waals surface area contributed by atoms with Gasteiger partial charge in [0, 0.05) is 30.1 Å². The summed E-state index contributed by atoms with van der Waals surface area (Å²) in [7, 11) is -3.66. The lowest BCUT2D eigenvalue weighted by atomic mass is 9.97. The third kappa shape index (κ3) is 9.28. The molecule has 0 unspecified atom stereocenters. The summed E-state index contributed by atoms with van der Waals surface area (Å²) in [6, 6.07) is 16.7. The number of carbonyl (C=O) groups excluding carboxylic acids is 1. The minimum Gasteiger partial charge on any atom is -0.490 e. The Kier molecular flexibility index (Phi) is 10.5. The second-order valence-electron chi connectivity index (χ2n) is 10.7. The summed E-state index contributed by atoms with van der Waals surface area (Å²) in [6.07, 6.45) is 7.57. The molecule has 2 aromatic carbocycles. The first-order chi connectivity index (χ1) is 20.1. The Bertz CT molecular complexity index is 1460. The van der Waals surface area contributed by atoms with Crippen LogP contribution in [0.15, 0.2) is 67.0 Å². The summed E-state index contributed by atoms with van der Waals surface area (Å²) in [5, 5.41) is 20.1. The van der Waals surface area contributed by atoms with Crippen LogP contribution in [0.4, 0.5) is 4.79 Å². The molecule has 2 amide bonds. The fourth-order valence-electron chi connectivity index (χ4n) is 5.05. The highest BCUT2D eigenvalue weighted by Crippen LogP contribution is 2.31. The van der Waals surface area contributed by atoms with E-state index in [4.69, 9.17) is 4.74 Å². The molecule has 11 heteroatoms. The van der Waals surface area contributed by atoms with E-state index in [1.807, 2.05) is 41.1 Å². The molecule has 224 valence electrons. The fraction of sp³-hybridized carbons (Fsp3) is 0.387. The van der Waals surface area contributed by atoms with Crippen LogP contribution in [0.5, 0.6) is 5.75 Å². The Morgan fingerprint density at radius 3 is 2.43 bits per heavy atom. The summed E-state index contributed by atoms with van der Waals surface area (Å²) < 4.78 is 31.4. The molecule has 3 aromatic rings. The number of benzene rings is 2. The standard InChI is InChI=1S/C31H37N3O7S/c1-42(39,40)33-30(36)19-25-14-13-24(18-29(25)41-27-7-3-2-4-8-27)23-11-9-22(10-12-23)15-17-34(31(37)38)21-28(35)26-6-5-16-32-20-26/h5-6,9-14,16,18,20,27-28,35H,2-4,7-8,15,17,19,21H2,1H3,(H,33,36)(H,37,38)/t28-/m1/s1. The third-order valence-electron chi connectivity index (χ3n) is 7.25. The Balaban J connectivity index is 1.45. The number of hydrogen-bond donors (Lipinski definition) is 3. The number of aliphatic hydroxyl groups excluding tert-OH is 1. The maximum atomic E-state index is 12.3. The van der Waals surface area contributed by atoms with Gasteiger partial charge in [0.25, 0.3) is 0 Å². The van der Waals surface area contributed by atoms with Crippen molar-refractivity contribution in [1.29, 1.82) is 0 Å². The van der Waals surface area contributed by atoms with Crippen LogP contribution in [0.3, 0.4) is 0 Å². The van der Waals surface area contributed by atoms with Gasteiger partial charge in [-0.15, -0.1) is 0 Å². The first kappa shape index (κ1) is 31.0. The smallest absolute Gasteiger partial charge is 0.407 e. The van der Waals surface area contributed by atoms with E-state index in [0.717, 1.165) is 48.6 Å². The van der Waals surface area contributed by atoms with Gasteiger partial charge in [0.05, 0.1) is 31.4 Å². The van der Waals surface area contributed by atoms with Crippen molar-refractivity contribution < 1.29 is 33.0 Å². The predicted octanol–water partition coefficient (Wildman–Crippen LogP) is 4.33. The van der Waals surface area contributed by atoms with E-state index in [2.05, 4.69) is 4.98 Å². The predicted molar refractivity (Wildman–Crippen MR) is 159 cm³/mol. The number of pyridine rings is 1. The van der Waals surface area contributed by atoms with E-state index >= 15 is 0 Å². The monoisotopic (exact) mass is 595 g/mol. The van der Waals surface area contributed by atoms with Crippen LogP contribution in [0.1, 0.15) is 54.9 Å². The fourth-order valence-corrected chi connectivity index (χ4v) is 5.53. The van der Waals surface area contributed by atoms with Crippen LogP contribution in [-0.4, -0.2) is 66.0 Å². The van der Waals surface area contributed by atoms with Crippen LogP contribution in [0.25, 0.3) is 11.1 Å². The zero-order valence-corrected chi connectivity index (χ0v) is 24.4. The molecular formula is C31H37N3O7S.